The predicted molar refractivity (Wildman–Crippen MR) is 50.8 cm³/mol. The van der Waals surface area contributed by atoms with Crippen molar-refractivity contribution in [1.29, 1.82) is 0 Å². The van der Waals surface area contributed by atoms with Crippen molar-refractivity contribution in [2.24, 2.45) is 0 Å². The van der Waals surface area contributed by atoms with E-state index in [1.807, 2.05) is 0 Å². The fourth-order valence-electron chi connectivity index (χ4n) is 2.09. The summed E-state index contributed by atoms with van der Waals surface area (Å²) in [4.78, 5) is 0. The molecule has 0 amide bonds. The Bertz CT molecular complexity index is 157. The quantitative estimate of drug-likeness (QED) is 0.709. The third kappa shape index (κ3) is 2.42. The van der Waals surface area contributed by atoms with Crippen LogP contribution < -0.4 is 5.32 Å². The maximum absolute atomic E-state index is 5.54. The Hall–Kier alpha value is -0.120. The highest BCUT2D eigenvalue weighted by molar-refractivity contribution is 4.80. The summed E-state index contributed by atoms with van der Waals surface area (Å²) in [6.07, 6.45) is 4.42. The first-order valence-corrected chi connectivity index (χ1v) is 5.33. The second-order valence-electron chi connectivity index (χ2n) is 4.01. The van der Waals surface area contributed by atoms with Crippen molar-refractivity contribution in [3.05, 3.63) is 0 Å². The van der Waals surface area contributed by atoms with Crippen LogP contribution in [0.1, 0.15) is 26.2 Å². The Morgan fingerprint density at radius 2 is 2.15 bits per heavy atom. The minimum absolute atomic E-state index is 0.376. The van der Waals surface area contributed by atoms with E-state index in [4.69, 9.17) is 9.47 Å². The lowest BCUT2D eigenvalue weighted by Crippen LogP contribution is -2.39. The third-order valence-electron chi connectivity index (χ3n) is 3.01. The summed E-state index contributed by atoms with van der Waals surface area (Å²) in [6, 6.07) is 0.546. The maximum atomic E-state index is 5.54. The van der Waals surface area contributed by atoms with Crippen LogP contribution in [-0.2, 0) is 9.47 Å². The first-order valence-electron chi connectivity index (χ1n) is 5.33. The molecule has 3 atom stereocenters. The molecule has 0 aromatic rings. The summed E-state index contributed by atoms with van der Waals surface area (Å²) < 4.78 is 11.0. The molecule has 2 heterocycles. The SMILES string of the molecule is C[C@H]1OCC[C@@H]1NC[C@@H]1CCCO1. The van der Waals surface area contributed by atoms with Crippen molar-refractivity contribution in [2.45, 2.75) is 44.4 Å². The van der Waals surface area contributed by atoms with E-state index in [9.17, 15) is 0 Å². The monoisotopic (exact) mass is 185 g/mol. The number of hydrogen-bond donors (Lipinski definition) is 1. The van der Waals surface area contributed by atoms with Crippen LogP contribution in [-0.4, -0.2) is 38.0 Å². The van der Waals surface area contributed by atoms with Gasteiger partial charge in [0.05, 0.1) is 12.2 Å². The third-order valence-corrected chi connectivity index (χ3v) is 3.01. The Kier molecular flexibility index (Phi) is 3.19. The van der Waals surface area contributed by atoms with Gasteiger partial charge in [-0.1, -0.05) is 0 Å². The summed E-state index contributed by atoms with van der Waals surface area (Å²) in [6.45, 7) is 4.99. The maximum Gasteiger partial charge on any atom is 0.0700 e. The van der Waals surface area contributed by atoms with Gasteiger partial charge in [-0.3, -0.25) is 0 Å². The smallest absolute Gasteiger partial charge is 0.0700 e. The molecule has 0 aliphatic carbocycles. The molecule has 3 heteroatoms. The van der Waals surface area contributed by atoms with Gasteiger partial charge in [0.15, 0.2) is 0 Å². The zero-order chi connectivity index (χ0) is 9.10. The predicted octanol–water partition coefficient (Wildman–Crippen LogP) is 0.932. The minimum atomic E-state index is 0.376. The molecule has 0 bridgehead atoms. The van der Waals surface area contributed by atoms with Crippen molar-refractivity contribution in [1.82, 2.24) is 5.32 Å². The molecular formula is C10H19NO2. The van der Waals surface area contributed by atoms with E-state index < -0.39 is 0 Å². The molecule has 2 fully saturated rings. The van der Waals surface area contributed by atoms with Crippen molar-refractivity contribution in [3.8, 4) is 0 Å². The van der Waals surface area contributed by atoms with E-state index in [0.717, 1.165) is 26.2 Å². The van der Waals surface area contributed by atoms with Gasteiger partial charge in [0, 0.05) is 25.8 Å². The van der Waals surface area contributed by atoms with E-state index in [1.54, 1.807) is 0 Å². The van der Waals surface area contributed by atoms with Gasteiger partial charge < -0.3 is 14.8 Å². The zero-order valence-electron chi connectivity index (χ0n) is 8.29. The molecule has 0 aromatic carbocycles. The molecule has 0 unspecified atom stereocenters. The Labute approximate surface area is 79.8 Å². The summed E-state index contributed by atoms with van der Waals surface area (Å²) in [5, 5.41) is 3.52. The Morgan fingerprint density at radius 1 is 1.23 bits per heavy atom. The highest BCUT2D eigenvalue weighted by atomic mass is 16.5. The van der Waals surface area contributed by atoms with Gasteiger partial charge in [-0.15, -0.1) is 0 Å². The van der Waals surface area contributed by atoms with Crippen LogP contribution in [0.4, 0.5) is 0 Å². The molecule has 0 spiro atoms. The van der Waals surface area contributed by atoms with E-state index >= 15 is 0 Å². The summed E-state index contributed by atoms with van der Waals surface area (Å²) in [5.74, 6) is 0. The Balaban J connectivity index is 1.66. The molecule has 0 radical (unpaired) electrons. The van der Waals surface area contributed by atoms with Crippen LogP contribution in [0, 0.1) is 0 Å². The summed E-state index contributed by atoms with van der Waals surface area (Å²) >= 11 is 0. The van der Waals surface area contributed by atoms with Crippen molar-refractivity contribution < 1.29 is 9.47 Å². The summed E-state index contributed by atoms with van der Waals surface area (Å²) in [5.41, 5.74) is 0. The zero-order valence-corrected chi connectivity index (χ0v) is 8.29. The molecular weight excluding hydrogens is 166 g/mol. The molecule has 3 nitrogen and oxygen atoms in total. The van der Waals surface area contributed by atoms with Gasteiger partial charge in [-0.2, -0.15) is 0 Å². The average molecular weight is 185 g/mol. The molecule has 0 aromatic heterocycles. The number of hydrogen-bond acceptors (Lipinski definition) is 3. The van der Waals surface area contributed by atoms with Crippen LogP contribution in [0.25, 0.3) is 0 Å². The van der Waals surface area contributed by atoms with Crippen LogP contribution in [0.3, 0.4) is 0 Å². The van der Waals surface area contributed by atoms with Crippen molar-refractivity contribution >= 4 is 0 Å². The molecule has 2 aliphatic rings. The molecule has 2 saturated heterocycles. The van der Waals surface area contributed by atoms with Crippen LogP contribution in [0.5, 0.6) is 0 Å². The Morgan fingerprint density at radius 3 is 2.77 bits per heavy atom. The molecule has 13 heavy (non-hydrogen) atoms. The largest absolute Gasteiger partial charge is 0.377 e. The van der Waals surface area contributed by atoms with Gasteiger partial charge in [0.2, 0.25) is 0 Å². The second kappa shape index (κ2) is 4.40. The lowest BCUT2D eigenvalue weighted by atomic mass is 10.1. The lowest BCUT2D eigenvalue weighted by molar-refractivity contribution is 0.0925. The van der Waals surface area contributed by atoms with E-state index in [-0.39, 0.29) is 0 Å². The first-order chi connectivity index (χ1) is 6.36. The number of ether oxygens (including phenoxy) is 2. The fourth-order valence-corrected chi connectivity index (χ4v) is 2.09. The highest BCUT2D eigenvalue weighted by Gasteiger charge is 2.25. The first kappa shape index (κ1) is 9.44. The van der Waals surface area contributed by atoms with E-state index in [2.05, 4.69) is 12.2 Å². The van der Waals surface area contributed by atoms with Crippen LogP contribution in [0.15, 0.2) is 0 Å². The van der Waals surface area contributed by atoms with Crippen molar-refractivity contribution in [3.63, 3.8) is 0 Å². The number of rotatable bonds is 3. The standard InChI is InChI=1S/C10H19NO2/c1-8-10(4-6-12-8)11-7-9-3-2-5-13-9/h8-11H,2-7H2,1H3/t8-,9+,10+/m1/s1. The molecule has 1 N–H and O–H groups in total. The molecule has 76 valence electrons. The highest BCUT2D eigenvalue weighted by Crippen LogP contribution is 2.15. The van der Waals surface area contributed by atoms with E-state index in [0.29, 0.717) is 18.2 Å². The minimum Gasteiger partial charge on any atom is -0.377 e. The normalized spacial score (nSPS) is 39.9. The van der Waals surface area contributed by atoms with Gasteiger partial charge >= 0.3 is 0 Å². The van der Waals surface area contributed by atoms with Gasteiger partial charge in [0.1, 0.15) is 0 Å². The van der Waals surface area contributed by atoms with Gasteiger partial charge in [-0.25, -0.2) is 0 Å². The second-order valence-corrected chi connectivity index (χ2v) is 4.01. The van der Waals surface area contributed by atoms with Gasteiger partial charge in [0.25, 0.3) is 0 Å². The lowest BCUT2D eigenvalue weighted by Gasteiger charge is -2.18. The number of nitrogens with one attached hydrogen (secondary N) is 1. The molecule has 2 rings (SSSR count). The summed E-state index contributed by atoms with van der Waals surface area (Å²) in [7, 11) is 0. The van der Waals surface area contributed by atoms with Crippen LogP contribution >= 0.6 is 0 Å². The molecule has 0 saturated carbocycles. The van der Waals surface area contributed by atoms with Gasteiger partial charge in [-0.05, 0) is 26.2 Å². The fraction of sp³-hybridized carbons (Fsp3) is 1.00. The molecule has 2 aliphatic heterocycles. The van der Waals surface area contributed by atoms with Crippen LogP contribution in [0.2, 0.25) is 0 Å². The van der Waals surface area contributed by atoms with Crippen molar-refractivity contribution in [2.75, 3.05) is 19.8 Å². The topological polar surface area (TPSA) is 30.5 Å². The average Bonchev–Trinajstić information content (AvgIpc) is 2.72. The van der Waals surface area contributed by atoms with E-state index in [1.165, 1.54) is 12.8 Å².